The Balaban J connectivity index is 2.69. The minimum atomic E-state index is -3.97. The Hall–Kier alpha value is -0.830. The third kappa shape index (κ3) is 3.92. The summed E-state index contributed by atoms with van der Waals surface area (Å²) in [7, 11) is -3.97. The van der Waals surface area contributed by atoms with Crippen LogP contribution in [0.5, 0.6) is 5.75 Å². The van der Waals surface area contributed by atoms with Gasteiger partial charge in [0.2, 0.25) is 0 Å². The highest BCUT2D eigenvalue weighted by molar-refractivity contribution is 7.50. The first kappa shape index (κ1) is 11.2. The van der Waals surface area contributed by atoms with Gasteiger partial charge in [0, 0.05) is 0 Å². The molecule has 0 atom stereocenters. The van der Waals surface area contributed by atoms with Gasteiger partial charge in [-0.05, 0) is 24.6 Å². The summed E-state index contributed by atoms with van der Waals surface area (Å²) in [5, 5.41) is 0. The zero-order chi connectivity index (χ0) is 10.6. The minimum Gasteiger partial charge on any atom is -0.494 e. The van der Waals surface area contributed by atoms with Crippen LogP contribution in [-0.4, -0.2) is 16.4 Å². The van der Waals surface area contributed by atoms with E-state index >= 15 is 0 Å². The molecule has 0 spiro atoms. The average molecular weight is 215 g/mol. The highest BCUT2D eigenvalue weighted by Crippen LogP contribution is 2.39. The van der Waals surface area contributed by atoms with E-state index in [1.807, 2.05) is 0 Å². The molecule has 1 rings (SSSR count). The lowest BCUT2D eigenvalue weighted by Crippen LogP contribution is -1.92. The molecule has 0 amide bonds. The van der Waals surface area contributed by atoms with Gasteiger partial charge in [-0.2, -0.15) is 0 Å². The Morgan fingerprint density at radius 1 is 1.29 bits per heavy atom. The molecule has 0 aliphatic rings. The summed E-state index contributed by atoms with van der Waals surface area (Å²) in [5.41, 5.74) is 0.592. The fourth-order valence-electron chi connectivity index (χ4n) is 1.05. The van der Waals surface area contributed by atoms with E-state index in [-0.39, 0.29) is 6.16 Å². The van der Waals surface area contributed by atoms with Crippen molar-refractivity contribution in [2.45, 2.75) is 6.16 Å². The molecule has 0 saturated carbocycles. The molecule has 1 aromatic rings. The van der Waals surface area contributed by atoms with E-state index in [0.29, 0.717) is 17.9 Å². The van der Waals surface area contributed by atoms with Gasteiger partial charge < -0.3 is 14.5 Å². The van der Waals surface area contributed by atoms with Crippen molar-refractivity contribution in [2.75, 3.05) is 6.61 Å². The van der Waals surface area contributed by atoms with Crippen molar-refractivity contribution < 1.29 is 19.1 Å². The number of benzene rings is 1. The molecule has 14 heavy (non-hydrogen) atoms. The zero-order valence-corrected chi connectivity index (χ0v) is 8.48. The summed E-state index contributed by atoms with van der Waals surface area (Å²) in [6.45, 7) is 3.85. The number of hydrogen-bond acceptors (Lipinski definition) is 2. The normalized spacial score (nSPS) is 11.4. The molecule has 0 aliphatic heterocycles. The van der Waals surface area contributed by atoms with Gasteiger partial charge in [0.05, 0.1) is 12.8 Å². The van der Waals surface area contributed by atoms with Crippen molar-refractivity contribution in [3.63, 3.8) is 0 Å². The molecule has 0 heterocycles. The number of hydrogen-bond donors (Lipinski definition) is 2. The van der Waals surface area contributed by atoms with Crippen molar-refractivity contribution in [2.24, 2.45) is 0 Å². The minimum absolute atomic E-state index is 0.238. The average Bonchev–Trinajstić information content (AvgIpc) is 2.06. The van der Waals surface area contributed by atoms with Crippen LogP contribution >= 0.6 is 7.60 Å². The molecule has 0 unspecified atom stereocenters. The molecule has 0 aromatic heterocycles. The first-order chi connectivity index (χ1) is 6.51. The second-order valence-corrected chi connectivity index (χ2v) is 4.46. The highest BCUT2D eigenvalue weighted by Gasteiger charge is 2.13. The quantitative estimate of drug-likeness (QED) is 0.748. The van der Waals surface area contributed by atoms with Crippen LogP contribution in [0.15, 0.2) is 24.3 Å². The van der Waals surface area contributed by atoms with Gasteiger partial charge in [0.1, 0.15) is 5.75 Å². The Morgan fingerprint density at radius 3 is 2.29 bits per heavy atom. The lowest BCUT2D eigenvalue weighted by molar-refractivity contribution is 0.360. The lowest BCUT2D eigenvalue weighted by atomic mass is 10.2. The lowest BCUT2D eigenvalue weighted by Gasteiger charge is -2.05. The smallest absolute Gasteiger partial charge is 0.329 e. The third-order valence-electron chi connectivity index (χ3n) is 1.58. The molecule has 1 aromatic carbocycles. The fraction of sp³-hybridized carbons (Fsp3) is 0.222. The third-order valence-corrected chi connectivity index (χ3v) is 2.36. The van der Waals surface area contributed by atoms with Crippen LogP contribution in [0.1, 0.15) is 5.56 Å². The first-order valence-corrected chi connectivity index (χ1v) is 5.86. The molecule has 77 valence electrons. The zero-order valence-electron chi connectivity index (χ0n) is 7.59. The van der Waals surface area contributed by atoms with Gasteiger partial charge in [0.15, 0.2) is 0 Å². The molecule has 2 N–H and O–H groups in total. The van der Waals surface area contributed by atoms with E-state index in [2.05, 4.69) is 6.92 Å². The van der Waals surface area contributed by atoms with E-state index in [0.717, 1.165) is 0 Å². The van der Waals surface area contributed by atoms with E-state index in [9.17, 15) is 4.57 Å². The number of rotatable bonds is 4. The van der Waals surface area contributed by atoms with Gasteiger partial charge in [-0.15, -0.1) is 0 Å². The van der Waals surface area contributed by atoms with Crippen molar-refractivity contribution in [1.29, 1.82) is 0 Å². The van der Waals surface area contributed by atoms with E-state index in [1.165, 1.54) is 0 Å². The molecule has 0 aliphatic carbocycles. The van der Waals surface area contributed by atoms with Crippen molar-refractivity contribution in [3.05, 3.63) is 36.8 Å². The van der Waals surface area contributed by atoms with Crippen LogP contribution < -0.4 is 4.74 Å². The van der Waals surface area contributed by atoms with Crippen LogP contribution in [0.2, 0.25) is 0 Å². The van der Waals surface area contributed by atoms with E-state index in [4.69, 9.17) is 14.5 Å². The molecular formula is C9H12O4P. The summed E-state index contributed by atoms with van der Waals surface area (Å²) in [5.74, 6) is 0.648. The Morgan fingerprint density at radius 2 is 1.86 bits per heavy atom. The maximum absolute atomic E-state index is 10.7. The molecule has 4 nitrogen and oxygen atoms in total. The molecule has 1 radical (unpaired) electrons. The van der Waals surface area contributed by atoms with Gasteiger partial charge in [-0.3, -0.25) is 4.57 Å². The first-order valence-electron chi connectivity index (χ1n) is 4.07. The fourth-order valence-corrected chi connectivity index (χ4v) is 1.73. The maximum Gasteiger partial charge on any atom is 0.329 e. The Labute approximate surface area is 82.7 Å². The van der Waals surface area contributed by atoms with Crippen LogP contribution in [0.3, 0.4) is 0 Å². The summed E-state index contributed by atoms with van der Waals surface area (Å²) in [6.07, 6.45) is -0.238. The summed E-state index contributed by atoms with van der Waals surface area (Å²) >= 11 is 0. The Bertz CT molecular complexity index is 327. The molecule has 0 saturated heterocycles. The van der Waals surface area contributed by atoms with Crippen molar-refractivity contribution >= 4 is 7.60 Å². The molecule has 5 heteroatoms. The predicted octanol–water partition coefficient (Wildman–Crippen LogP) is 1.58. The largest absolute Gasteiger partial charge is 0.494 e. The summed E-state index contributed by atoms with van der Waals surface area (Å²) < 4.78 is 15.8. The molecule has 0 bridgehead atoms. The van der Waals surface area contributed by atoms with Gasteiger partial charge in [-0.1, -0.05) is 12.1 Å². The predicted molar refractivity (Wildman–Crippen MR) is 53.0 cm³/mol. The second kappa shape index (κ2) is 4.60. The second-order valence-electron chi connectivity index (χ2n) is 2.82. The Kier molecular flexibility index (Phi) is 3.69. The SMILES string of the molecule is [CH2]COc1ccc(CP(=O)(O)O)cc1. The van der Waals surface area contributed by atoms with Crippen LogP contribution in [0.4, 0.5) is 0 Å². The maximum atomic E-state index is 10.7. The number of ether oxygens (including phenoxy) is 1. The van der Waals surface area contributed by atoms with Crippen molar-refractivity contribution in [3.8, 4) is 5.75 Å². The van der Waals surface area contributed by atoms with E-state index in [1.54, 1.807) is 24.3 Å². The molecular weight excluding hydrogens is 203 g/mol. The van der Waals surface area contributed by atoms with Crippen LogP contribution in [0.25, 0.3) is 0 Å². The monoisotopic (exact) mass is 215 g/mol. The van der Waals surface area contributed by atoms with E-state index < -0.39 is 7.60 Å². The summed E-state index contributed by atoms with van der Waals surface area (Å²) in [6, 6.07) is 6.58. The van der Waals surface area contributed by atoms with Gasteiger partial charge in [0.25, 0.3) is 0 Å². The topological polar surface area (TPSA) is 66.8 Å². The summed E-state index contributed by atoms with van der Waals surface area (Å²) in [4.78, 5) is 17.4. The highest BCUT2D eigenvalue weighted by atomic mass is 31.2. The van der Waals surface area contributed by atoms with Gasteiger partial charge >= 0.3 is 7.60 Å². The van der Waals surface area contributed by atoms with Gasteiger partial charge in [-0.25, -0.2) is 0 Å². The standard InChI is InChI=1S/C9H12O4P/c1-2-13-9-5-3-8(4-6-9)7-14(10,11)12/h3-6H,1-2,7H2,(H2,10,11,12). The molecule has 0 fully saturated rings. The van der Waals surface area contributed by atoms with Crippen LogP contribution in [-0.2, 0) is 10.7 Å². The van der Waals surface area contributed by atoms with Crippen LogP contribution in [0, 0.1) is 6.92 Å². The van der Waals surface area contributed by atoms with Crippen molar-refractivity contribution in [1.82, 2.24) is 0 Å².